The molecule has 0 aliphatic carbocycles. The van der Waals surface area contributed by atoms with Crippen LogP contribution in [0.4, 0.5) is 0 Å². The van der Waals surface area contributed by atoms with Gasteiger partial charge in [0.25, 0.3) is 0 Å². The number of ether oxygens (including phenoxy) is 1. The predicted octanol–water partition coefficient (Wildman–Crippen LogP) is 2.19. The van der Waals surface area contributed by atoms with E-state index in [0.717, 1.165) is 0 Å². The molecule has 0 atom stereocenters. The van der Waals surface area contributed by atoms with Crippen LogP contribution >= 0.6 is 0 Å². The number of fused-ring (bicyclic) bond motifs is 2. The fourth-order valence-corrected chi connectivity index (χ4v) is 2.22. The first-order chi connectivity index (χ1) is 10.5. The van der Waals surface area contributed by atoms with Crippen molar-refractivity contribution in [1.82, 2.24) is 9.97 Å². The van der Waals surface area contributed by atoms with Crippen molar-refractivity contribution in [3.8, 4) is 5.75 Å². The number of hydrogen-bond acceptors (Lipinski definition) is 5. The molecule has 0 aliphatic rings. The topological polar surface area (TPSA) is 110 Å². The highest BCUT2D eigenvalue weighted by Crippen LogP contribution is 2.29. The Morgan fingerprint density at radius 2 is 1.68 bits per heavy atom. The van der Waals surface area contributed by atoms with Gasteiger partial charge in [-0.25, -0.2) is 19.6 Å². The Hall–Kier alpha value is -3.22. The fraction of sp³-hybridized carbons (Fsp3) is 0.0667. The van der Waals surface area contributed by atoms with Crippen LogP contribution in [0.25, 0.3) is 22.1 Å². The van der Waals surface area contributed by atoms with Gasteiger partial charge in [0, 0.05) is 0 Å². The van der Waals surface area contributed by atoms with Crippen LogP contribution in [0, 0.1) is 0 Å². The third-order valence-electron chi connectivity index (χ3n) is 3.24. The second-order valence-corrected chi connectivity index (χ2v) is 4.55. The highest BCUT2D eigenvalue weighted by Gasteiger charge is 2.17. The Morgan fingerprint density at radius 3 is 2.32 bits per heavy atom. The lowest BCUT2D eigenvalue weighted by atomic mass is 10.1. The number of rotatable bonds is 3. The van der Waals surface area contributed by atoms with E-state index >= 15 is 0 Å². The van der Waals surface area contributed by atoms with Gasteiger partial charge in [-0.15, -0.1) is 0 Å². The number of benzene rings is 2. The zero-order valence-electron chi connectivity index (χ0n) is 11.4. The number of nitrogens with zero attached hydrogens (tertiary/aromatic N) is 2. The van der Waals surface area contributed by atoms with Crippen LogP contribution in [0.1, 0.15) is 20.7 Å². The van der Waals surface area contributed by atoms with Gasteiger partial charge in [-0.2, -0.15) is 0 Å². The summed E-state index contributed by atoms with van der Waals surface area (Å²) in [6.45, 7) is 0. The molecule has 1 aromatic heterocycles. The Bertz CT molecular complexity index is 936. The first kappa shape index (κ1) is 13.7. The van der Waals surface area contributed by atoms with Gasteiger partial charge in [-0.1, -0.05) is 0 Å². The van der Waals surface area contributed by atoms with Crippen molar-refractivity contribution in [2.75, 3.05) is 7.11 Å². The van der Waals surface area contributed by atoms with Crippen molar-refractivity contribution >= 4 is 34.0 Å². The van der Waals surface area contributed by atoms with Crippen LogP contribution < -0.4 is 4.74 Å². The van der Waals surface area contributed by atoms with Gasteiger partial charge in [0.05, 0.1) is 29.2 Å². The second-order valence-electron chi connectivity index (χ2n) is 4.55. The lowest BCUT2D eigenvalue weighted by Crippen LogP contribution is -2.03. The van der Waals surface area contributed by atoms with E-state index < -0.39 is 11.9 Å². The molecule has 0 spiro atoms. The molecule has 0 saturated heterocycles. The summed E-state index contributed by atoms with van der Waals surface area (Å²) in [7, 11) is 1.36. The van der Waals surface area contributed by atoms with Gasteiger partial charge >= 0.3 is 11.9 Å². The minimum Gasteiger partial charge on any atom is -0.493 e. The summed E-state index contributed by atoms with van der Waals surface area (Å²) in [4.78, 5) is 30.9. The number of hydrogen-bond donors (Lipinski definition) is 2. The molecule has 110 valence electrons. The lowest BCUT2D eigenvalue weighted by Gasteiger charge is -2.09. The molecule has 7 heteroatoms. The molecule has 7 nitrogen and oxygen atoms in total. The molecular formula is C15H10N2O5. The van der Waals surface area contributed by atoms with E-state index in [1.165, 1.54) is 37.4 Å². The van der Waals surface area contributed by atoms with Crippen LogP contribution in [-0.4, -0.2) is 39.2 Å². The van der Waals surface area contributed by atoms with E-state index in [9.17, 15) is 14.7 Å². The van der Waals surface area contributed by atoms with Gasteiger partial charge in [0.1, 0.15) is 11.1 Å². The number of aromatic nitrogens is 2. The van der Waals surface area contributed by atoms with Gasteiger partial charge in [0.15, 0.2) is 5.75 Å². The largest absolute Gasteiger partial charge is 0.493 e. The highest BCUT2D eigenvalue weighted by atomic mass is 16.5. The Morgan fingerprint density at radius 1 is 0.955 bits per heavy atom. The molecule has 2 N–H and O–H groups in total. The van der Waals surface area contributed by atoms with Gasteiger partial charge in [-0.3, -0.25) is 0 Å². The minimum absolute atomic E-state index is 0.00851. The second kappa shape index (κ2) is 4.96. The van der Waals surface area contributed by atoms with E-state index in [1.807, 2.05) is 0 Å². The molecule has 22 heavy (non-hydrogen) atoms. The molecule has 3 rings (SSSR count). The Labute approximate surface area is 123 Å². The van der Waals surface area contributed by atoms with Gasteiger partial charge in [-0.05, 0) is 30.3 Å². The van der Waals surface area contributed by atoms with E-state index in [-0.39, 0.29) is 16.9 Å². The monoisotopic (exact) mass is 298 g/mol. The average molecular weight is 298 g/mol. The maximum Gasteiger partial charge on any atom is 0.339 e. The standard InChI is InChI=1S/C15H10N2O5/c1-22-13-8(15(20)21)3-5-10-12(13)17-9-4-2-7(14(18)19)6-11(9)16-10/h2-6H,1H3,(H,18,19)(H,20,21). The van der Waals surface area contributed by atoms with Crippen LogP contribution in [0.2, 0.25) is 0 Å². The average Bonchev–Trinajstić information content (AvgIpc) is 2.50. The van der Waals surface area contributed by atoms with Crippen LogP contribution in [-0.2, 0) is 0 Å². The summed E-state index contributed by atoms with van der Waals surface area (Å²) >= 11 is 0. The molecule has 3 aromatic rings. The van der Waals surface area contributed by atoms with E-state index in [2.05, 4.69) is 9.97 Å². The molecule has 0 amide bonds. The third-order valence-corrected chi connectivity index (χ3v) is 3.24. The SMILES string of the molecule is COc1c(C(=O)O)ccc2nc3cc(C(=O)O)ccc3nc12. The maximum absolute atomic E-state index is 11.2. The van der Waals surface area contributed by atoms with Crippen molar-refractivity contribution in [2.24, 2.45) is 0 Å². The first-order valence-electron chi connectivity index (χ1n) is 6.26. The summed E-state index contributed by atoms with van der Waals surface area (Å²) in [5.41, 5.74) is 1.71. The van der Waals surface area contributed by atoms with Crippen molar-refractivity contribution in [2.45, 2.75) is 0 Å². The number of carboxylic acids is 2. The molecule has 0 bridgehead atoms. The third kappa shape index (κ3) is 2.08. The number of carbonyl (C=O) groups is 2. The molecule has 1 heterocycles. The molecule has 0 saturated carbocycles. The van der Waals surface area contributed by atoms with E-state index in [1.54, 1.807) is 0 Å². The zero-order valence-corrected chi connectivity index (χ0v) is 11.4. The summed E-state index contributed by atoms with van der Waals surface area (Å²) < 4.78 is 5.15. The predicted molar refractivity (Wildman–Crippen MR) is 77.5 cm³/mol. The van der Waals surface area contributed by atoms with Gasteiger partial charge < -0.3 is 14.9 Å². The smallest absolute Gasteiger partial charge is 0.339 e. The summed E-state index contributed by atoms with van der Waals surface area (Å²) in [5.74, 6) is -2.05. The van der Waals surface area contributed by atoms with Gasteiger partial charge in [0.2, 0.25) is 0 Å². The first-order valence-corrected chi connectivity index (χ1v) is 6.26. The summed E-state index contributed by atoms with van der Waals surface area (Å²) in [6, 6.07) is 7.25. The van der Waals surface area contributed by atoms with Crippen LogP contribution in [0.3, 0.4) is 0 Å². The fourth-order valence-electron chi connectivity index (χ4n) is 2.22. The van der Waals surface area contributed by atoms with Crippen molar-refractivity contribution in [3.05, 3.63) is 41.5 Å². The van der Waals surface area contributed by atoms with Crippen LogP contribution in [0.15, 0.2) is 30.3 Å². The molecule has 2 aromatic carbocycles. The quantitative estimate of drug-likeness (QED) is 0.713. The normalized spacial score (nSPS) is 10.8. The molecular weight excluding hydrogens is 288 g/mol. The molecule has 0 radical (unpaired) electrons. The van der Waals surface area contributed by atoms with Crippen molar-refractivity contribution in [3.63, 3.8) is 0 Å². The number of aromatic carboxylic acids is 2. The Balaban J connectivity index is 2.35. The number of methoxy groups -OCH3 is 1. The molecule has 0 fully saturated rings. The van der Waals surface area contributed by atoms with Crippen LogP contribution in [0.5, 0.6) is 5.75 Å². The Kier molecular flexibility index (Phi) is 3.10. The number of carboxylic acid groups (broad SMARTS) is 2. The van der Waals surface area contributed by atoms with Crippen molar-refractivity contribution in [1.29, 1.82) is 0 Å². The lowest BCUT2D eigenvalue weighted by molar-refractivity contribution is 0.0684. The highest BCUT2D eigenvalue weighted by molar-refractivity contribution is 6.00. The maximum atomic E-state index is 11.2. The van der Waals surface area contributed by atoms with E-state index in [0.29, 0.717) is 22.1 Å². The summed E-state index contributed by atoms with van der Waals surface area (Å²) in [6.07, 6.45) is 0. The zero-order chi connectivity index (χ0) is 15.9. The minimum atomic E-state index is -1.12. The van der Waals surface area contributed by atoms with E-state index in [4.69, 9.17) is 9.84 Å². The molecule has 0 aliphatic heterocycles. The summed E-state index contributed by atoms with van der Waals surface area (Å²) in [5, 5.41) is 18.2. The van der Waals surface area contributed by atoms with Crippen molar-refractivity contribution < 1.29 is 24.5 Å². The molecule has 0 unspecified atom stereocenters.